The molecule has 9 heteroatoms. The molecule has 3 aliphatic rings. The predicted octanol–water partition coefficient (Wildman–Crippen LogP) is 3.54. The van der Waals surface area contributed by atoms with E-state index >= 15 is 13.2 Å². The fourth-order valence-corrected chi connectivity index (χ4v) is 5.85. The van der Waals surface area contributed by atoms with E-state index in [0.29, 0.717) is 51.9 Å². The van der Waals surface area contributed by atoms with Gasteiger partial charge >= 0.3 is 6.18 Å². The number of carbonyl (C=O) groups excluding carboxylic acids is 1. The van der Waals surface area contributed by atoms with Crippen LogP contribution in [-0.2, 0) is 4.79 Å². The SMILES string of the molecule is N#CCNC(=O)C1(NC(C(F)(F)F)C2(N3CCNCC3)C=CC(c3ccccc3)=CC2)CCCCC1. The Morgan fingerprint density at radius 3 is 2.42 bits per heavy atom. The molecule has 1 saturated carbocycles. The van der Waals surface area contributed by atoms with Gasteiger partial charge in [0.15, 0.2) is 0 Å². The summed E-state index contributed by atoms with van der Waals surface area (Å²) in [7, 11) is 0. The van der Waals surface area contributed by atoms with Crippen LogP contribution >= 0.6 is 0 Å². The Morgan fingerprint density at radius 2 is 1.83 bits per heavy atom. The van der Waals surface area contributed by atoms with E-state index in [1.165, 1.54) is 0 Å². The zero-order valence-corrected chi connectivity index (χ0v) is 20.4. The Kier molecular flexibility index (Phi) is 8.18. The number of nitriles is 1. The number of allylic oxidation sites excluding steroid dienone is 2. The van der Waals surface area contributed by atoms with Crippen LogP contribution in [0, 0.1) is 11.3 Å². The third kappa shape index (κ3) is 5.51. The highest BCUT2D eigenvalue weighted by atomic mass is 19.4. The molecule has 2 aliphatic carbocycles. The van der Waals surface area contributed by atoms with Gasteiger partial charge in [0.2, 0.25) is 5.91 Å². The first kappa shape index (κ1) is 26.4. The molecule has 2 fully saturated rings. The summed E-state index contributed by atoms with van der Waals surface area (Å²) in [5.41, 5.74) is -0.896. The van der Waals surface area contributed by atoms with Crippen molar-refractivity contribution >= 4 is 11.5 Å². The number of halogens is 3. The monoisotopic (exact) mass is 501 g/mol. The Bertz CT molecular complexity index is 1000. The quantitative estimate of drug-likeness (QED) is 0.498. The van der Waals surface area contributed by atoms with Crippen molar-refractivity contribution in [3.8, 4) is 6.07 Å². The molecule has 0 bridgehead atoms. The lowest BCUT2D eigenvalue weighted by Gasteiger charge is -2.52. The second-order valence-corrected chi connectivity index (χ2v) is 9.89. The minimum atomic E-state index is -4.60. The molecule has 2 atom stereocenters. The van der Waals surface area contributed by atoms with E-state index in [1.807, 2.05) is 47.4 Å². The molecule has 3 N–H and O–H groups in total. The average Bonchev–Trinajstić information content (AvgIpc) is 2.91. The Labute approximate surface area is 210 Å². The highest BCUT2D eigenvalue weighted by Gasteiger charge is 2.58. The number of hydrogen-bond donors (Lipinski definition) is 3. The van der Waals surface area contributed by atoms with Crippen molar-refractivity contribution in [2.75, 3.05) is 32.7 Å². The second kappa shape index (κ2) is 11.2. The van der Waals surface area contributed by atoms with Gasteiger partial charge in [0.1, 0.15) is 12.6 Å². The number of carbonyl (C=O) groups is 1. The Morgan fingerprint density at radius 1 is 1.14 bits per heavy atom. The van der Waals surface area contributed by atoms with Crippen LogP contribution in [0.2, 0.25) is 0 Å². The maximum absolute atomic E-state index is 15.0. The smallest absolute Gasteiger partial charge is 0.341 e. The van der Waals surface area contributed by atoms with E-state index in [0.717, 1.165) is 17.6 Å². The molecule has 4 rings (SSSR count). The molecular weight excluding hydrogens is 467 g/mol. The first-order chi connectivity index (χ1) is 17.3. The van der Waals surface area contributed by atoms with Crippen molar-refractivity contribution in [3.05, 3.63) is 54.1 Å². The minimum Gasteiger partial charge on any atom is -0.341 e. The number of piperazine rings is 1. The van der Waals surface area contributed by atoms with Gasteiger partial charge in [0.05, 0.1) is 17.1 Å². The van der Waals surface area contributed by atoms with Crippen LogP contribution in [0.5, 0.6) is 0 Å². The molecular formula is C27H34F3N5O. The molecule has 0 aromatic heterocycles. The third-order valence-corrected chi connectivity index (χ3v) is 7.73. The lowest BCUT2D eigenvalue weighted by molar-refractivity contribution is -0.190. The first-order valence-electron chi connectivity index (χ1n) is 12.7. The molecule has 1 heterocycles. The van der Waals surface area contributed by atoms with Crippen LogP contribution in [0.4, 0.5) is 13.2 Å². The normalized spacial score (nSPS) is 25.4. The van der Waals surface area contributed by atoms with Gasteiger partial charge < -0.3 is 10.6 Å². The molecule has 6 nitrogen and oxygen atoms in total. The van der Waals surface area contributed by atoms with Crippen molar-refractivity contribution in [1.82, 2.24) is 20.9 Å². The van der Waals surface area contributed by atoms with Gasteiger partial charge in [-0.2, -0.15) is 18.4 Å². The molecule has 36 heavy (non-hydrogen) atoms. The van der Waals surface area contributed by atoms with Gasteiger partial charge in [-0.1, -0.05) is 67.8 Å². The van der Waals surface area contributed by atoms with Crippen molar-refractivity contribution in [1.29, 1.82) is 5.26 Å². The summed E-state index contributed by atoms with van der Waals surface area (Å²) in [6.45, 7) is 1.92. The number of nitrogens with one attached hydrogen (secondary N) is 3. The largest absolute Gasteiger partial charge is 0.406 e. The number of alkyl halides is 3. The summed E-state index contributed by atoms with van der Waals surface area (Å²) in [6, 6.07) is 9.54. The van der Waals surface area contributed by atoms with Crippen LogP contribution in [0.15, 0.2) is 48.6 Å². The standard InChI is InChI=1S/C27H34F3N5O/c28-27(29,30)23(34-25(11-5-2-6-12-25)24(36)33-16-15-31)26(35-19-17-32-18-20-35)13-9-22(10-14-26)21-7-3-1-4-8-21/h1,3-4,7-10,13,23,32,34H,2,5-6,11-12,14,16-20H2,(H,33,36). The zero-order chi connectivity index (χ0) is 25.7. The fraction of sp³-hybridized carbons (Fsp3) is 0.556. The zero-order valence-electron chi connectivity index (χ0n) is 20.4. The van der Waals surface area contributed by atoms with Gasteiger partial charge in [-0.15, -0.1) is 0 Å². The molecule has 0 spiro atoms. The molecule has 1 amide bonds. The number of amides is 1. The van der Waals surface area contributed by atoms with E-state index in [2.05, 4.69) is 16.0 Å². The van der Waals surface area contributed by atoms with Crippen LogP contribution in [0.3, 0.4) is 0 Å². The average molecular weight is 502 g/mol. The number of nitrogens with zero attached hydrogens (tertiary/aromatic N) is 2. The van der Waals surface area contributed by atoms with E-state index in [1.54, 1.807) is 12.2 Å². The predicted molar refractivity (Wildman–Crippen MR) is 133 cm³/mol. The van der Waals surface area contributed by atoms with Gasteiger partial charge in [-0.3, -0.25) is 15.0 Å². The topological polar surface area (TPSA) is 80.2 Å². The number of benzene rings is 1. The van der Waals surface area contributed by atoms with Crippen molar-refractivity contribution < 1.29 is 18.0 Å². The van der Waals surface area contributed by atoms with Gasteiger partial charge in [-0.05, 0) is 30.4 Å². The summed E-state index contributed by atoms with van der Waals surface area (Å²) < 4.78 is 45.1. The van der Waals surface area contributed by atoms with Crippen LogP contribution < -0.4 is 16.0 Å². The second-order valence-electron chi connectivity index (χ2n) is 9.89. The lowest BCUT2D eigenvalue weighted by Crippen LogP contribution is -2.73. The highest BCUT2D eigenvalue weighted by Crippen LogP contribution is 2.42. The summed E-state index contributed by atoms with van der Waals surface area (Å²) >= 11 is 0. The van der Waals surface area contributed by atoms with Crippen LogP contribution in [0.25, 0.3) is 5.57 Å². The molecule has 0 radical (unpaired) electrons. The van der Waals surface area contributed by atoms with E-state index in [-0.39, 0.29) is 13.0 Å². The maximum atomic E-state index is 15.0. The van der Waals surface area contributed by atoms with Gasteiger partial charge in [0, 0.05) is 26.2 Å². The van der Waals surface area contributed by atoms with E-state index < -0.39 is 29.2 Å². The van der Waals surface area contributed by atoms with Crippen LogP contribution in [0.1, 0.15) is 44.1 Å². The number of hydrogen-bond acceptors (Lipinski definition) is 5. The Balaban J connectivity index is 1.73. The lowest BCUT2D eigenvalue weighted by atomic mass is 9.74. The minimum absolute atomic E-state index is 0.167. The van der Waals surface area contributed by atoms with Crippen molar-refractivity contribution in [2.45, 2.75) is 61.8 Å². The molecule has 1 aromatic rings. The fourth-order valence-electron chi connectivity index (χ4n) is 5.85. The number of rotatable bonds is 7. The molecule has 1 aliphatic heterocycles. The Hall–Kier alpha value is -2.67. The third-order valence-electron chi connectivity index (χ3n) is 7.73. The molecule has 1 saturated heterocycles. The summed E-state index contributed by atoms with van der Waals surface area (Å²) in [4.78, 5) is 15.1. The summed E-state index contributed by atoms with van der Waals surface area (Å²) in [5.74, 6) is -0.520. The summed E-state index contributed by atoms with van der Waals surface area (Å²) in [5, 5.41) is 17.6. The molecule has 2 unspecified atom stereocenters. The maximum Gasteiger partial charge on any atom is 0.406 e. The van der Waals surface area contributed by atoms with Crippen molar-refractivity contribution in [2.24, 2.45) is 0 Å². The van der Waals surface area contributed by atoms with E-state index in [4.69, 9.17) is 5.26 Å². The molecule has 194 valence electrons. The van der Waals surface area contributed by atoms with Crippen molar-refractivity contribution in [3.63, 3.8) is 0 Å². The van der Waals surface area contributed by atoms with E-state index in [9.17, 15) is 4.79 Å². The van der Waals surface area contributed by atoms with Crippen LogP contribution in [-0.4, -0.2) is 66.8 Å². The van der Waals surface area contributed by atoms with Gasteiger partial charge in [0.25, 0.3) is 0 Å². The highest BCUT2D eigenvalue weighted by molar-refractivity contribution is 5.86. The summed E-state index contributed by atoms with van der Waals surface area (Å²) in [6.07, 6.45) is 3.76. The molecule has 1 aromatic carbocycles. The first-order valence-corrected chi connectivity index (χ1v) is 12.7. The van der Waals surface area contributed by atoms with Gasteiger partial charge in [-0.25, -0.2) is 0 Å².